The van der Waals surface area contributed by atoms with Crippen LogP contribution in [-0.2, 0) is 4.79 Å². The Morgan fingerprint density at radius 1 is 1.07 bits per heavy atom. The Morgan fingerprint density at radius 3 is 2.44 bits per heavy atom. The predicted octanol–water partition coefficient (Wildman–Crippen LogP) is 3.51. The van der Waals surface area contributed by atoms with Gasteiger partial charge < -0.3 is 14.6 Å². The van der Waals surface area contributed by atoms with E-state index in [9.17, 15) is 9.59 Å². The first-order chi connectivity index (χ1) is 13.1. The maximum atomic E-state index is 12.7. The number of aromatic amines is 1. The molecule has 6 nitrogen and oxygen atoms in total. The van der Waals surface area contributed by atoms with Crippen LogP contribution in [-0.4, -0.2) is 39.8 Å². The van der Waals surface area contributed by atoms with Crippen LogP contribution in [0, 0.1) is 0 Å². The minimum absolute atomic E-state index is 0.00688. The number of rotatable bonds is 3. The van der Waals surface area contributed by atoms with E-state index >= 15 is 0 Å². The number of fused-ring (bicyclic) bond motifs is 1. The smallest absolute Gasteiger partial charge is 0.308 e. The van der Waals surface area contributed by atoms with Crippen LogP contribution in [0.2, 0.25) is 0 Å². The number of hydrogen-bond donors (Lipinski definition) is 1. The minimum atomic E-state index is -0.373. The fraction of sp³-hybridized carbons (Fsp3) is 0.286. The van der Waals surface area contributed by atoms with Crippen LogP contribution in [0.4, 0.5) is 0 Å². The molecule has 1 amide bonds. The van der Waals surface area contributed by atoms with Gasteiger partial charge >= 0.3 is 5.97 Å². The number of benzene rings is 2. The molecule has 2 heterocycles. The molecule has 1 aliphatic heterocycles. The van der Waals surface area contributed by atoms with Crippen molar-refractivity contribution in [1.29, 1.82) is 0 Å². The second-order valence-electron chi connectivity index (χ2n) is 6.82. The Hall–Kier alpha value is -3.15. The lowest BCUT2D eigenvalue weighted by molar-refractivity contribution is -0.131. The van der Waals surface area contributed by atoms with Crippen molar-refractivity contribution in [2.75, 3.05) is 13.1 Å². The number of likely N-dealkylation sites (tertiary alicyclic amines) is 1. The molecule has 0 spiro atoms. The summed E-state index contributed by atoms with van der Waals surface area (Å²) in [4.78, 5) is 33.7. The summed E-state index contributed by atoms with van der Waals surface area (Å²) in [6.45, 7) is 2.75. The van der Waals surface area contributed by atoms with E-state index < -0.39 is 0 Å². The molecule has 0 aliphatic carbocycles. The number of H-pyrrole nitrogens is 1. The van der Waals surface area contributed by atoms with Gasteiger partial charge in [-0.3, -0.25) is 9.59 Å². The monoisotopic (exact) mass is 363 g/mol. The summed E-state index contributed by atoms with van der Waals surface area (Å²) in [5.41, 5.74) is 2.64. The SMILES string of the molecule is CC(=O)Oc1ccc(C(=O)N2CCC(c3nc4ccccc4[nH]3)CC2)cc1. The first-order valence-electron chi connectivity index (χ1n) is 9.12. The topological polar surface area (TPSA) is 75.3 Å². The van der Waals surface area contributed by atoms with E-state index in [4.69, 9.17) is 9.72 Å². The number of aromatic nitrogens is 2. The molecule has 0 atom stereocenters. The van der Waals surface area contributed by atoms with Crippen LogP contribution in [0.1, 0.15) is 41.9 Å². The van der Waals surface area contributed by atoms with Gasteiger partial charge in [0.05, 0.1) is 11.0 Å². The first-order valence-corrected chi connectivity index (χ1v) is 9.12. The number of carbonyl (C=O) groups excluding carboxylic acids is 2. The number of piperidine rings is 1. The van der Waals surface area contributed by atoms with Crippen LogP contribution in [0.3, 0.4) is 0 Å². The second-order valence-corrected chi connectivity index (χ2v) is 6.82. The minimum Gasteiger partial charge on any atom is -0.427 e. The van der Waals surface area contributed by atoms with Crippen molar-refractivity contribution in [2.45, 2.75) is 25.7 Å². The summed E-state index contributed by atoms with van der Waals surface area (Å²) in [5.74, 6) is 1.43. The Kier molecular flexibility index (Phi) is 4.62. The number of esters is 1. The summed E-state index contributed by atoms with van der Waals surface area (Å²) in [6.07, 6.45) is 1.77. The normalized spacial score (nSPS) is 15.1. The number of ether oxygens (including phenoxy) is 1. The number of imidazole rings is 1. The average Bonchev–Trinajstić information content (AvgIpc) is 3.12. The van der Waals surface area contributed by atoms with Crippen molar-refractivity contribution in [1.82, 2.24) is 14.9 Å². The maximum Gasteiger partial charge on any atom is 0.308 e. The summed E-state index contributed by atoms with van der Waals surface area (Å²) in [7, 11) is 0. The lowest BCUT2D eigenvalue weighted by Crippen LogP contribution is -2.38. The largest absolute Gasteiger partial charge is 0.427 e. The molecule has 0 unspecified atom stereocenters. The van der Waals surface area contributed by atoms with Gasteiger partial charge in [-0.1, -0.05) is 12.1 Å². The van der Waals surface area contributed by atoms with E-state index in [1.54, 1.807) is 24.3 Å². The molecule has 0 saturated carbocycles. The molecule has 1 N–H and O–H groups in total. The Bertz CT molecular complexity index is 937. The Balaban J connectivity index is 1.39. The molecule has 27 heavy (non-hydrogen) atoms. The van der Waals surface area contributed by atoms with Gasteiger partial charge in [0.2, 0.25) is 0 Å². The van der Waals surface area contributed by atoms with Crippen LogP contribution in [0.5, 0.6) is 5.75 Å². The van der Waals surface area contributed by atoms with Crippen LogP contribution >= 0.6 is 0 Å². The third-order valence-corrected chi connectivity index (χ3v) is 4.94. The van der Waals surface area contributed by atoms with Crippen molar-refractivity contribution in [2.24, 2.45) is 0 Å². The van der Waals surface area contributed by atoms with Gasteiger partial charge in [0.15, 0.2) is 0 Å². The molecule has 138 valence electrons. The van der Waals surface area contributed by atoms with Gasteiger partial charge in [-0.15, -0.1) is 0 Å². The third-order valence-electron chi connectivity index (χ3n) is 4.94. The van der Waals surface area contributed by atoms with Crippen molar-refractivity contribution in [3.05, 3.63) is 59.9 Å². The molecule has 2 aromatic carbocycles. The molecule has 0 bridgehead atoms. The molecule has 1 aliphatic rings. The van der Waals surface area contributed by atoms with Gasteiger partial charge in [-0.2, -0.15) is 0 Å². The molecule has 1 saturated heterocycles. The molecule has 6 heteroatoms. The zero-order chi connectivity index (χ0) is 18.8. The van der Waals surface area contributed by atoms with Crippen molar-refractivity contribution in [3.8, 4) is 5.75 Å². The summed E-state index contributed by atoms with van der Waals surface area (Å²) in [6, 6.07) is 14.7. The van der Waals surface area contributed by atoms with Crippen LogP contribution < -0.4 is 4.74 Å². The molecule has 3 aromatic rings. The summed E-state index contributed by atoms with van der Waals surface area (Å²) in [5, 5.41) is 0. The Morgan fingerprint density at radius 2 is 1.78 bits per heavy atom. The van der Waals surface area contributed by atoms with Crippen molar-refractivity contribution < 1.29 is 14.3 Å². The highest BCUT2D eigenvalue weighted by Gasteiger charge is 2.26. The predicted molar refractivity (Wildman–Crippen MR) is 102 cm³/mol. The zero-order valence-corrected chi connectivity index (χ0v) is 15.1. The van der Waals surface area contributed by atoms with Crippen LogP contribution in [0.25, 0.3) is 11.0 Å². The van der Waals surface area contributed by atoms with E-state index in [1.165, 1.54) is 6.92 Å². The number of nitrogens with one attached hydrogen (secondary N) is 1. The molecule has 1 aromatic heterocycles. The van der Waals surface area contributed by atoms with Crippen molar-refractivity contribution >= 4 is 22.9 Å². The number of para-hydroxylation sites is 2. The van der Waals surface area contributed by atoms with Gasteiger partial charge in [-0.05, 0) is 49.2 Å². The first kappa shape index (κ1) is 17.3. The van der Waals surface area contributed by atoms with E-state index in [0.29, 0.717) is 30.3 Å². The van der Waals surface area contributed by atoms with Crippen LogP contribution in [0.15, 0.2) is 48.5 Å². The fourth-order valence-electron chi connectivity index (χ4n) is 3.54. The Labute approximate surface area is 157 Å². The average molecular weight is 363 g/mol. The summed E-state index contributed by atoms with van der Waals surface area (Å²) >= 11 is 0. The molecule has 1 fully saturated rings. The van der Waals surface area contributed by atoms with E-state index in [2.05, 4.69) is 4.98 Å². The van der Waals surface area contributed by atoms with Gasteiger partial charge in [-0.25, -0.2) is 4.98 Å². The summed E-state index contributed by atoms with van der Waals surface area (Å²) < 4.78 is 5.01. The van der Waals surface area contributed by atoms with E-state index in [1.807, 2.05) is 29.2 Å². The standard InChI is InChI=1S/C21H21N3O3/c1-14(25)27-17-8-6-16(7-9-17)21(26)24-12-10-15(11-13-24)20-22-18-4-2-3-5-19(18)23-20/h2-9,15H,10-13H2,1H3,(H,22,23). The fourth-order valence-corrected chi connectivity index (χ4v) is 3.54. The highest BCUT2D eigenvalue weighted by Crippen LogP contribution is 2.28. The zero-order valence-electron chi connectivity index (χ0n) is 15.1. The third kappa shape index (κ3) is 3.69. The number of hydrogen-bond acceptors (Lipinski definition) is 4. The molecule has 4 rings (SSSR count). The lowest BCUT2D eigenvalue weighted by Gasteiger charge is -2.31. The molecular formula is C21H21N3O3. The van der Waals surface area contributed by atoms with E-state index in [-0.39, 0.29) is 11.9 Å². The van der Waals surface area contributed by atoms with Gasteiger partial charge in [0, 0.05) is 31.5 Å². The molecular weight excluding hydrogens is 342 g/mol. The number of carbonyl (C=O) groups is 2. The van der Waals surface area contributed by atoms with Gasteiger partial charge in [0.1, 0.15) is 11.6 Å². The molecule has 0 radical (unpaired) electrons. The number of nitrogens with zero attached hydrogens (tertiary/aromatic N) is 2. The van der Waals surface area contributed by atoms with Gasteiger partial charge in [0.25, 0.3) is 5.91 Å². The highest BCUT2D eigenvalue weighted by molar-refractivity contribution is 5.94. The lowest BCUT2D eigenvalue weighted by atomic mass is 9.95. The maximum absolute atomic E-state index is 12.7. The highest BCUT2D eigenvalue weighted by atomic mass is 16.5. The van der Waals surface area contributed by atoms with Crippen molar-refractivity contribution in [3.63, 3.8) is 0 Å². The quantitative estimate of drug-likeness (QED) is 0.571. The second kappa shape index (κ2) is 7.23. The number of amides is 1. The van der Waals surface area contributed by atoms with E-state index in [0.717, 1.165) is 29.7 Å².